The lowest BCUT2D eigenvalue weighted by atomic mass is 10.1. The predicted molar refractivity (Wildman–Crippen MR) is 99.8 cm³/mol. The van der Waals surface area contributed by atoms with E-state index in [9.17, 15) is 4.79 Å². The fraction of sp³-hybridized carbons (Fsp3) is 0.167. The number of amides is 1. The first-order valence-electron chi connectivity index (χ1n) is 7.70. The molecule has 0 fully saturated rings. The third-order valence-corrected chi connectivity index (χ3v) is 3.92. The average molecular weight is 392 g/mol. The minimum Gasteiger partial charge on any atom is -0.482 e. The van der Waals surface area contributed by atoms with Gasteiger partial charge in [-0.1, -0.05) is 45.5 Å². The Morgan fingerprint density at radius 2 is 1.85 bits per heavy atom. The summed E-state index contributed by atoms with van der Waals surface area (Å²) in [5.41, 5.74) is 2.95. The van der Waals surface area contributed by atoms with E-state index in [4.69, 9.17) is 32.4 Å². The summed E-state index contributed by atoms with van der Waals surface area (Å²) in [4.78, 5) is 12.0. The average Bonchev–Trinajstić information content (AvgIpc) is 3.01. The van der Waals surface area contributed by atoms with E-state index in [0.29, 0.717) is 21.7 Å². The molecule has 0 radical (unpaired) electrons. The van der Waals surface area contributed by atoms with Crippen molar-refractivity contribution in [1.82, 2.24) is 10.2 Å². The van der Waals surface area contributed by atoms with Crippen molar-refractivity contribution in [1.29, 1.82) is 0 Å². The first-order valence-corrected chi connectivity index (χ1v) is 8.46. The number of hydrogen-bond donors (Lipinski definition) is 1. The highest BCUT2D eigenvalue weighted by Gasteiger charge is 2.13. The lowest BCUT2D eigenvalue weighted by molar-refractivity contribution is -0.118. The summed E-state index contributed by atoms with van der Waals surface area (Å²) in [7, 11) is 0. The second-order valence-corrected chi connectivity index (χ2v) is 6.54. The van der Waals surface area contributed by atoms with Crippen molar-refractivity contribution in [3.63, 3.8) is 0 Å². The molecule has 0 unspecified atom stereocenters. The van der Waals surface area contributed by atoms with Gasteiger partial charge in [0.05, 0.1) is 5.02 Å². The first-order chi connectivity index (χ1) is 12.4. The van der Waals surface area contributed by atoms with Crippen molar-refractivity contribution >= 4 is 35.1 Å². The lowest BCUT2D eigenvalue weighted by Crippen LogP contribution is -2.20. The number of halogens is 2. The minimum absolute atomic E-state index is 0.00466. The van der Waals surface area contributed by atoms with Gasteiger partial charge >= 0.3 is 6.01 Å². The molecule has 3 rings (SSSR count). The van der Waals surface area contributed by atoms with Crippen LogP contribution in [0, 0.1) is 13.8 Å². The standard InChI is InChI=1S/C18H15Cl2N3O3/c1-10-5-11(2)7-12(6-10)17-22-23-18(26-17)21-16(24)9-25-15-4-3-13(19)8-14(15)20/h3-8H,9H2,1-2H3,(H,21,23,24). The molecule has 0 spiro atoms. The van der Waals surface area contributed by atoms with E-state index in [1.54, 1.807) is 12.1 Å². The van der Waals surface area contributed by atoms with E-state index in [2.05, 4.69) is 15.5 Å². The summed E-state index contributed by atoms with van der Waals surface area (Å²) in [6, 6.07) is 10.6. The molecule has 0 saturated heterocycles. The molecule has 1 N–H and O–H groups in total. The summed E-state index contributed by atoms with van der Waals surface area (Å²) in [6.07, 6.45) is 0. The number of rotatable bonds is 5. The van der Waals surface area contributed by atoms with Crippen LogP contribution in [0.1, 0.15) is 11.1 Å². The number of nitrogens with one attached hydrogen (secondary N) is 1. The molecule has 1 heterocycles. The minimum atomic E-state index is -0.452. The number of nitrogens with zero attached hydrogens (tertiary/aromatic N) is 2. The second kappa shape index (κ2) is 7.76. The number of carbonyl (C=O) groups excluding carboxylic acids is 1. The van der Waals surface area contributed by atoms with Gasteiger partial charge < -0.3 is 9.15 Å². The Kier molecular flexibility index (Phi) is 5.44. The van der Waals surface area contributed by atoms with Crippen LogP contribution < -0.4 is 10.1 Å². The number of aromatic nitrogens is 2. The van der Waals surface area contributed by atoms with Crippen molar-refractivity contribution in [2.45, 2.75) is 13.8 Å². The van der Waals surface area contributed by atoms with Gasteiger partial charge in [0.1, 0.15) is 5.75 Å². The number of anilines is 1. The van der Waals surface area contributed by atoms with Crippen LogP contribution in [0.2, 0.25) is 10.0 Å². The second-order valence-electron chi connectivity index (χ2n) is 5.70. The molecule has 1 aromatic heterocycles. The molecular weight excluding hydrogens is 377 g/mol. The van der Waals surface area contributed by atoms with Gasteiger partial charge in [0.25, 0.3) is 5.91 Å². The van der Waals surface area contributed by atoms with Crippen LogP contribution in [0.25, 0.3) is 11.5 Å². The first kappa shape index (κ1) is 18.2. The molecule has 0 bridgehead atoms. The summed E-state index contributed by atoms with van der Waals surface area (Å²) >= 11 is 11.8. The van der Waals surface area contributed by atoms with Crippen molar-refractivity contribution in [3.05, 3.63) is 57.6 Å². The topological polar surface area (TPSA) is 77.2 Å². The van der Waals surface area contributed by atoms with Gasteiger partial charge in [-0.25, -0.2) is 0 Å². The van der Waals surface area contributed by atoms with Gasteiger partial charge in [-0.15, -0.1) is 5.10 Å². The number of ether oxygens (including phenoxy) is 1. The van der Waals surface area contributed by atoms with Gasteiger partial charge in [0.2, 0.25) is 5.89 Å². The summed E-state index contributed by atoms with van der Waals surface area (Å²) < 4.78 is 10.8. The summed E-state index contributed by atoms with van der Waals surface area (Å²) in [5.74, 6) is 0.230. The molecule has 3 aromatic rings. The quantitative estimate of drug-likeness (QED) is 0.682. The smallest absolute Gasteiger partial charge is 0.322 e. The third-order valence-electron chi connectivity index (χ3n) is 3.39. The third kappa shape index (κ3) is 4.53. The number of carbonyl (C=O) groups is 1. The fourth-order valence-corrected chi connectivity index (χ4v) is 2.84. The van der Waals surface area contributed by atoms with Gasteiger partial charge in [0, 0.05) is 10.6 Å². The van der Waals surface area contributed by atoms with Crippen molar-refractivity contribution in [2.75, 3.05) is 11.9 Å². The highest BCUT2D eigenvalue weighted by molar-refractivity contribution is 6.35. The van der Waals surface area contributed by atoms with Gasteiger partial charge in [-0.05, 0) is 44.2 Å². The van der Waals surface area contributed by atoms with Crippen LogP contribution in [0.15, 0.2) is 40.8 Å². The van der Waals surface area contributed by atoms with Crippen LogP contribution in [-0.4, -0.2) is 22.7 Å². The molecule has 0 atom stereocenters. The Hall–Kier alpha value is -2.57. The maximum Gasteiger partial charge on any atom is 0.322 e. The Bertz CT molecular complexity index is 936. The number of aryl methyl sites for hydroxylation is 2. The molecule has 1 amide bonds. The highest BCUT2D eigenvalue weighted by atomic mass is 35.5. The van der Waals surface area contributed by atoms with Crippen LogP contribution >= 0.6 is 23.2 Å². The monoisotopic (exact) mass is 391 g/mol. The highest BCUT2D eigenvalue weighted by Crippen LogP contribution is 2.27. The molecule has 26 heavy (non-hydrogen) atoms. The molecule has 0 aliphatic heterocycles. The molecular formula is C18H15Cl2N3O3. The van der Waals surface area contributed by atoms with Crippen LogP contribution in [-0.2, 0) is 4.79 Å². The zero-order valence-corrected chi connectivity index (χ0v) is 15.6. The van der Waals surface area contributed by atoms with E-state index >= 15 is 0 Å². The zero-order valence-electron chi connectivity index (χ0n) is 14.0. The molecule has 2 aromatic carbocycles. The van der Waals surface area contributed by atoms with Crippen molar-refractivity contribution in [2.24, 2.45) is 0 Å². The largest absolute Gasteiger partial charge is 0.482 e. The maximum absolute atomic E-state index is 12.0. The van der Waals surface area contributed by atoms with Crippen molar-refractivity contribution in [3.8, 4) is 17.2 Å². The normalized spacial score (nSPS) is 10.6. The van der Waals surface area contributed by atoms with E-state index in [1.807, 2.05) is 32.0 Å². The van der Waals surface area contributed by atoms with Crippen LogP contribution in [0.5, 0.6) is 5.75 Å². The molecule has 0 aliphatic rings. The molecule has 0 aliphatic carbocycles. The van der Waals surface area contributed by atoms with Crippen LogP contribution in [0.4, 0.5) is 6.01 Å². The van der Waals surface area contributed by atoms with E-state index < -0.39 is 5.91 Å². The number of hydrogen-bond acceptors (Lipinski definition) is 5. The summed E-state index contributed by atoms with van der Waals surface area (Å²) in [5, 5.41) is 11.1. The Balaban J connectivity index is 1.62. The Labute approximate surface area is 160 Å². The maximum atomic E-state index is 12.0. The SMILES string of the molecule is Cc1cc(C)cc(-c2nnc(NC(=O)COc3ccc(Cl)cc3Cl)o2)c1. The van der Waals surface area contributed by atoms with E-state index in [-0.39, 0.29) is 12.6 Å². The molecule has 0 saturated carbocycles. The van der Waals surface area contributed by atoms with E-state index in [1.165, 1.54) is 6.07 Å². The molecule has 8 heteroatoms. The Morgan fingerprint density at radius 1 is 1.12 bits per heavy atom. The van der Waals surface area contributed by atoms with Gasteiger partial charge in [-0.2, -0.15) is 0 Å². The molecule has 134 valence electrons. The predicted octanol–water partition coefficient (Wildman–Crippen LogP) is 4.68. The van der Waals surface area contributed by atoms with E-state index in [0.717, 1.165) is 16.7 Å². The zero-order chi connectivity index (χ0) is 18.7. The van der Waals surface area contributed by atoms with Crippen LogP contribution in [0.3, 0.4) is 0 Å². The Morgan fingerprint density at radius 3 is 2.54 bits per heavy atom. The summed E-state index contributed by atoms with van der Waals surface area (Å²) in [6.45, 7) is 3.70. The number of benzene rings is 2. The fourth-order valence-electron chi connectivity index (χ4n) is 2.38. The molecule has 6 nitrogen and oxygen atoms in total. The van der Waals surface area contributed by atoms with Gasteiger partial charge in [-0.3, -0.25) is 10.1 Å². The van der Waals surface area contributed by atoms with Crippen molar-refractivity contribution < 1.29 is 13.9 Å². The van der Waals surface area contributed by atoms with Gasteiger partial charge in [0.15, 0.2) is 6.61 Å². The lowest BCUT2D eigenvalue weighted by Gasteiger charge is -2.07.